The number of benzene rings is 7. The van der Waals surface area contributed by atoms with Crippen LogP contribution in [0.25, 0.3) is 91.1 Å². The zero-order valence-corrected chi connectivity index (χ0v) is 47.3. The SMILES string of the molecule is COc1ccnc(/C=C/c2nc3ccccc3c(=O)n2-c2c(C)cccc2C)c1O.Cc1cccc(C)c1-n1c(/C=C/c2cccc3cn[nH]c23)nc2ccccc2c1=O.Cc1ccccc1-n1c(/C=C/C2=NN=NC2)nc2ccccc2c1=O. The Kier molecular flexibility index (Phi) is 16.0. The molecule has 13 rings (SSSR count). The number of aromatic hydroxyl groups is 1. The van der Waals surface area contributed by atoms with Crippen molar-refractivity contribution in [3.63, 3.8) is 0 Å². The van der Waals surface area contributed by atoms with Crippen LogP contribution in [0.15, 0.2) is 206 Å². The molecule has 17 heteroatoms. The minimum absolute atomic E-state index is 0.0713. The number of pyridine rings is 1. The van der Waals surface area contributed by atoms with E-state index in [9.17, 15) is 19.5 Å². The molecule has 12 aromatic rings. The number of nitrogens with one attached hydrogen (secondary N) is 1. The van der Waals surface area contributed by atoms with Gasteiger partial charge in [0.15, 0.2) is 11.5 Å². The van der Waals surface area contributed by atoms with Crippen molar-refractivity contribution in [1.29, 1.82) is 0 Å². The van der Waals surface area contributed by atoms with Gasteiger partial charge in [-0.15, -0.1) is 5.10 Å². The molecule has 0 amide bonds. The topological polar surface area (TPSA) is 213 Å². The van der Waals surface area contributed by atoms with Gasteiger partial charge in [-0.25, -0.2) is 15.0 Å². The Morgan fingerprint density at radius 3 is 1.54 bits per heavy atom. The maximum atomic E-state index is 13.5. The first-order chi connectivity index (χ1) is 41.4. The van der Waals surface area contributed by atoms with Gasteiger partial charge in [-0.1, -0.05) is 109 Å². The van der Waals surface area contributed by atoms with Crippen LogP contribution in [0, 0.1) is 34.6 Å². The predicted molar refractivity (Wildman–Crippen MR) is 338 cm³/mol. The van der Waals surface area contributed by atoms with Gasteiger partial charge in [-0.05, 0) is 147 Å². The Hall–Kier alpha value is -11.3. The molecule has 0 fully saturated rings. The summed E-state index contributed by atoms with van der Waals surface area (Å²) >= 11 is 0. The number of ether oxygens (including phenoxy) is 1. The molecule has 1 aliphatic heterocycles. The minimum Gasteiger partial charge on any atom is -0.503 e. The van der Waals surface area contributed by atoms with Gasteiger partial charge in [0.25, 0.3) is 16.7 Å². The second-order valence-corrected chi connectivity index (χ2v) is 20.1. The summed E-state index contributed by atoms with van der Waals surface area (Å²) in [5.41, 5.74) is 12.1. The highest BCUT2D eigenvalue weighted by Gasteiger charge is 2.18. The second kappa shape index (κ2) is 24.4. The third kappa shape index (κ3) is 11.4. The summed E-state index contributed by atoms with van der Waals surface area (Å²) in [5.74, 6) is 1.83. The monoisotopic (exact) mass is 1120 g/mol. The van der Waals surface area contributed by atoms with Gasteiger partial charge in [-0.2, -0.15) is 10.2 Å². The van der Waals surface area contributed by atoms with Gasteiger partial charge in [-0.3, -0.25) is 38.2 Å². The maximum Gasteiger partial charge on any atom is 0.266 e. The van der Waals surface area contributed by atoms with Crippen LogP contribution in [0.4, 0.5) is 0 Å². The normalized spacial score (nSPS) is 12.1. The number of aromatic nitrogens is 9. The first kappa shape index (κ1) is 55.6. The molecule has 6 heterocycles. The Morgan fingerprint density at radius 2 is 1.00 bits per heavy atom. The molecule has 2 N–H and O–H groups in total. The van der Waals surface area contributed by atoms with Crippen LogP contribution in [0.1, 0.15) is 56.5 Å². The zero-order chi connectivity index (χ0) is 59.1. The summed E-state index contributed by atoms with van der Waals surface area (Å²) < 4.78 is 10.1. The Morgan fingerprint density at radius 1 is 0.518 bits per heavy atom. The third-order valence-electron chi connectivity index (χ3n) is 14.4. The molecule has 0 unspecified atom stereocenters. The van der Waals surface area contributed by atoms with Crippen molar-refractivity contribution in [2.75, 3.05) is 13.7 Å². The fourth-order valence-corrected chi connectivity index (χ4v) is 10.2. The molecule has 17 nitrogen and oxygen atoms in total. The van der Waals surface area contributed by atoms with E-state index in [0.29, 0.717) is 68.2 Å². The lowest BCUT2D eigenvalue weighted by molar-refractivity contribution is 0.371. The van der Waals surface area contributed by atoms with Crippen molar-refractivity contribution >= 4 is 79.7 Å². The van der Waals surface area contributed by atoms with E-state index in [0.717, 1.165) is 67.1 Å². The molecule has 5 aromatic heterocycles. The smallest absolute Gasteiger partial charge is 0.266 e. The number of aromatic amines is 1. The van der Waals surface area contributed by atoms with Crippen LogP contribution >= 0.6 is 0 Å². The molecule has 0 saturated carbocycles. The summed E-state index contributed by atoms with van der Waals surface area (Å²) in [6.07, 6.45) is 14.1. The van der Waals surface area contributed by atoms with Crippen LogP contribution in [-0.4, -0.2) is 68.3 Å². The predicted octanol–water partition coefficient (Wildman–Crippen LogP) is 12.9. The lowest BCUT2D eigenvalue weighted by Crippen LogP contribution is -2.23. The lowest BCUT2D eigenvalue weighted by atomic mass is 10.1. The number of hydrogen-bond acceptors (Lipinski definition) is 13. The van der Waals surface area contributed by atoms with Gasteiger partial charge in [0, 0.05) is 23.2 Å². The van der Waals surface area contributed by atoms with Gasteiger partial charge in [0.05, 0.1) is 74.3 Å². The molecule has 0 saturated heterocycles. The second-order valence-electron chi connectivity index (χ2n) is 20.1. The van der Waals surface area contributed by atoms with Crippen molar-refractivity contribution in [1.82, 2.24) is 43.8 Å². The maximum absolute atomic E-state index is 13.5. The van der Waals surface area contributed by atoms with E-state index < -0.39 is 0 Å². The largest absolute Gasteiger partial charge is 0.503 e. The van der Waals surface area contributed by atoms with Gasteiger partial charge < -0.3 is 9.84 Å². The molecule has 0 atom stereocenters. The molecule has 0 spiro atoms. The van der Waals surface area contributed by atoms with Crippen molar-refractivity contribution in [2.24, 2.45) is 15.4 Å². The minimum atomic E-state index is -0.152. The average Bonchev–Trinajstić information content (AvgIpc) is 4.43. The average molecular weight is 1120 g/mol. The number of para-hydroxylation sites is 7. The third-order valence-corrected chi connectivity index (χ3v) is 14.4. The molecule has 0 bridgehead atoms. The summed E-state index contributed by atoms with van der Waals surface area (Å²) in [6.45, 7) is 10.4. The number of nitrogens with zero attached hydrogens (tertiary/aromatic N) is 11. The molecule has 0 radical (unpaired) electrons. The van der Waals surface area contributed by atoms with Gasteiger partial charge in [0.1, 0.15) is 29.7 Å². The highest BCUT2D eigenvalue weighted by atomic mass is 16.5. The van der Waals surface area contributed by atoms with Gasteiger partial charge >= 0.3 is 0 Å². The van der Waals surface area contributed by atoms with Crippen molar-refractivity contribution in [2.45, 2.75) is 34.6 Å². The molecule has 85 heavy (non-hydrogen) atoms. The molecule has 0 aliphatic carbocycles. The van der Waals surface area contributed by atoms with E-state index in [4.69, 9.17) is 14.7 Å². The molecule has 418 valence electrons. The summed E-state index contributed by atoms with van der Waals surface area (Å²) in [6, 6.07) is 49.4. The number of hydrogen-bond donors (Lipinski definition) is 2. The zero-order valence-electron chi connectivity index (χ0n) is 47.3. The summed E-state index contributed by atoms with van der Waals surface area (Å²) in [7, 11) is 1.48. The first-order valence-corrected chi connectivity index (χ1v) is 27.2. The number of H-pyrrole nitrogens is 1. The quantitative estimate of drug-likeness (QED) is 0.132. The fraction of sp³-hybridized carbons (Fsp3) is 0.103. The van der Waals surface area contributed by atoms with Crippen LogP contribution < -0.4 is 21.4 Å². The van der Waals surface area contributed by atoms with Crippen molar-refractivity contribution < 1.29 is 9.84 Å². The fourth-order valence-electron chi connectivity index (χ4n) is 10.2. The van der Waals surface area contributed by atoms with E-state index in [1.165, 1.54) is 7.11 Å². The number of methoxy groups -OCH3 is 1. The van der Waals surface area contributed by atoms with E-state index >= 15 is 0 Å². The van der Waals surface area contributed by atoms with Crippen molar-refractivity contribution in [3.05, 3.63) is 264 Å². The van der Waals surface area contributed by atoms with Crippen LogP contribution in [0.2, 0.25) is 0 Å². The summed E-state index contributed by atoms with van der Waals surface area (Å²) in [5, 5.41) is 31.6. The highest BCUT2D eigenvalue weighted by molar-refractivity contribution is 6.00. The van der Waals surface area contributed by atoms with Crippen molar-refractivity contribution in [3.8, 4) is 28.6 Å². The molecule has 7 aromatic carbocycles. The van der Waals surface area contributed by atoms with Gasteiger partial charge in [0.2, 0.25) is 0 Å². The van der Waals surface area contributed by atoms with E-state index in [1.54, 1.807) is 68.6 Å². The molecular weight excluding hydrogens is 1060 g/mol. The molecule has 1 aliphatic rings. The Balaban J connectivity index is 0.000000133. The van der Waals surface area contributed by atoms with E-state index in [2.05, 4.69) is 35.6 Å². The number of rotatable bonds is 10. The van der Waals surface area contributed by atoms with E-state index in [-0.39, 0.29) is 22.4 Å². The Labute approximate surface area is 487 Å². The first-order valence-electron chi connectivity index (χ1n) is 27.2. The Bertz CT molecular complexity index is 4870. The highest BCUT2D eigenvalue weighted by Crippen LogP contribution is 2.30. The van der Waals surface area contributed by atoms with E-state index in [1.807, 2.05) is 186 Å². The number of fused-ring (bicyclic) bond motifs is 4. The lowest BCUT2D eigenvalue weighted by Gasteiger charge is -2.16. The van der Waals surface area contributed by atoms with Crippen LogP contribution in [-0.2, 0) is 0 Å². The molecular formula is C68H56N12O5. The standard InChI is InChI=1S/C25H20N4O.C24H21N3O3.C19H15N5O/c1-16-7-5-8-17(2)24(16)29-22(27-21-12-4-3-11-20(21)25(29)30)14-13-18-9-6-10-19-15-26-28-23(18)19;1-15-7-6-8-16(2)22(15)27-21(26-18-10-5-4-9-17(18)24(27)29)12-11-19-23(28)20(30-3)13-14-25-19;1-13-6-2-5-9-17(13)24-18(11-10-14-12-20-23-22-14)21-16-8-4-3-7-15(16)19(24)25/h3-15H,1-2H3,(H,26,28);4-14,28H,1-3H3;2-11H,12H2,1H3/b14-13+;12-11+;11-10+. The number of aryl methyl sites for hydroxylation is 5. The van der Waals surface area contributed by atoms with Crippen LogP contribution in [0.5, 0.6) is 11.5 Å². The van der Waals surface area contributed by atoms with Crippen LogP contribution in [0.3, 0.4) is 0 Å². The summed E-state index contributed by atoms with van der Waals surface area (Å²) in [4.78, 5) is 58.5.